The van der Waals surface area contributed by atoms with Gasteiger partial charge in [0.1, 0.15) is 17.4 Å². The van der Waals surface area contributed by atoms with Gasteiger partial charge in [-0.25, -0.2) is 14.8 Å². The van der Waals surface area contributed by atoms with Crippen LogP contribution in [0, 0.1) is 0 Å². The summed E-state index contributed by atoms with van der Waals surface area (Å²) in [6, 6.07) is 15.3. The molecule has 0 amide bonds. The number of benzene rings is 2. The monoisotopic (exact) mass is 629 g/mol. The minimum Gasteiger partial charge on any atom is -0.481 e. The Hall–Kier alpha value is -4.62. The predicted octanol–water partition coefficient (Wildman–Crippen LogP) is 6.50. The third-order valence-corrected chi connectivity index (χ3v) is 6.88. The van der Waals surface area contributed by atoms with Gasteiger partial charge in [-0.15, -0.1) is 5.10 Å². The molecule has 3 heterocycles. The van der Waals surface area contributed by atoms with E-state index in [1.807, 2.05) is 30.3 Å². The Balaban J connectivity index is 1.58. The van der Waals surface area contributed by atoms with Crippen molar-refractivity contribution in [1.82, 2.24) is 24.3 Å². The molecule has 3 aromatic heterocycles. The zero-order chi connectivity index (χ0) is 31.4. The van der Waals surface area contributed by atoms with E-state index in [0.29, 0.717) is 24.4 Å². The van der Waals surface area contributed by atoms with Gasteiger partial charge in [0, 0.05) is 24.9 Å². The molecule has 230 valence electrons. The van der Waals surface area contributed by atoms with Crippen LogP contribution in [0.1, 0.15) is 25.2 Å². The first-order chi connectivity index (χ1) is 21.1. The fraction of sp³-hybridized carbons (Fsp3) is 0.267. The first kappa shape index (κ1) is 30.8. The summed E-state index contributed by atoms with van der Waals surface area (Å²) in [7, 11) is 1.41. The van der Waals surface area contributed by atoms with Gasteiger partial charge in [0.05, 0.1) is 31.0 Å². The molecular weight excluding hydrogens is 603 g/mol. The third-order valence-electron chi connectivity index (χ3n) is 6.60. The minimum atomic E-state index is -4.68. The number of alkyl halides is 3. The number of nitrogens with zero attached hydrogens (tertiary/aromatic N) is 5. The van der Waals surface area contributed by atoms with Crippen molar-refractivity contribution in [3.05, 3.63) is 93.9 Å². The molecule has 14 heteroatoms. The molecule has 10 nitrogen and oxygen atoms in total. The maximum atomic E-state index is 13.7. The predicted molar refractivity (Wildman–Crippen MR) is 156 cm³/mol. The molecule has 0 fully saturated rings. The van der Waals surface area contributed by atoms with Crippen molar-refractivity contribution in [2.75, 3.05) is 7.11 Å². The van der Waals surface area contributed by atoms with E-state index in [2.05, 4.69) is 15.1 Å². The molecule has 0 aliphatic rings. The average Bonchev–Trinajstić information content (AvgIpc) is 3.32. The Kier molecular flexibility index (Phi) is 9.06. The SMILES string of the molecule is CCn1c(COCc2ccccc2)nn(-c2cc(O[C@@H](C)C(F)(F)F)c3c(Oc4cc(OC)ncc4Cl)nccc3c2)c1=O. The molecule has 2 aromatic carbocycles. The first-order valence-corrected chi connectivity index (χ1v) is 13.8. The van der Waals surface area contributed by atoms with E-state index in [-0.39, 0.29) is 46.0 Å². The van der Waals surface area contributed by atoms with Gasteiger partial charge in [-0.05, 0) is 36.9 Å². The van der Waals surface area contributed by atoms with E-state index in [0.717, 1.165) is 17.2 Å². The number of hydrogen-bond donors (Lipinski definition) is 0. The Morgan fingerprint density at radius 1 is 1.02 bits per heavy atom. The molecule has 0 spiro atoms. The van der Waals surface area contributed by atoms with Crippen LogP contribution in [-0.4, -0.2) is 43.7 Å². The van der Waals surface area contributed by atoms with Gasteiger partial charge in [0.2, 0.25) is 11.8 Å². The van der Waals surface area contributed by atoms with Gasteiger partial charge in [-0.2, -0.15) is 17.9 Å². The van der Waals surface area contributed by atoms with Crippen molar-refractivity contribution < 1.29 is 32.1 Å². The van der Waals surface area contributed by atoms with E-state index >= 15 is 0 Å². The van der Waals surface area contributed by atoms with Crippen molar-refractivity contribution in [1.29, 1.82) is 0 Å². The summed E-state index contributed by atoms with van der Waals surface area (Å²) >= 11 is 6.25. The van der Waals surface area contributed by atoms with Crippen molar-refractivity contribution in [3.63, 3.8) is 0 Å². The van der Waals surface area contributed by atoms with Gasteiger partial charge >= 0.3 is 11.9 Å². The van der Waals surface area contributed by atoms with Gasteiger partial charge in [0.15, 0.2) is 17.7 Å². The molecule has 5 aromatic rings. The Morgan fingerprint density at radius 2 is 1.80 bits per heavy atom. The normalized spacial score (nSPS) is 12.3. The largest absolute Gasteiger partial charge is 0.481 e. The molecule has 0 bridgehead atoms. The maximum absolute atomic E-state index is 13.7. The molecule has 0 saturated carbocycles. The number of hydrogen-bond acceptors (Lipinski definition) is 8. The highest BCUT2D eigenvalue weighted by molar-refractivity contribution is 6.32. The summed E-state index contributed by atoms with van der Waals surface area (Å²) in [6.45, 7) is 3.29. The van der Waals surface area contributed by atoms with E-state index in [4.69, 9.17) is 30.5 Å². The van der Waals surface area contributed by atoms with Crippen LogP contribution < -0.4 is 19.9 Å². The van der Waals surface area contributed by atoms with Gasteiger partial charge in [0.25, 0.3) is 0 Å². The van der Waals surface area contributed by atoms with Crippen LogP contribution in [0.15, 0.2) is 71.8 Å². The van der Waals surface area contributed by atoms with Gasteiger partial charge in [-0.3, -0.25) is 4.57 Å². The Labute approximate surface area is 254 Å². The van der Waals surface area contributed by atoms with Crippen molar-refractivity contribution in [3.8, 4) is 28.9 Å². The van der Waals surface area contributed by atoms with Crippen LogP contribution in [0.25, 0.3) is 16.5 Å². The lowest BCUT2D eigenvalue weighted by molar-refractivity contribution is -0.189. The summed E-state index contributed by atoms with van der Waals surface area (Å²) in [5.74, 6) is 0.330. The van der Waals surface area contributed by atoms with Crippen molar-refractivity contribution >= 4 is 22.4 Å². The molecule has 1 atom stereocenters. The molecule has 0 aliphatic carbocycles. The summed E-state index contributed by atoms with van der Waals surface area (Å²) < 4.78 is 65.8. The van der Waals surface area contributed by atoms with Crippen LogP contribution >= 0.6 is 11.6 Å². The lowest BCUT2D eigenvalue weighted by Crippen LogP contribution is -2.31. The number of ether oxygens (including phenoxy) is 4. The quantitative estimate of drug-likeness (QED) is 0.163. The standard InChI is InChI=1S/C30H27ClF3N5O5/c1-4-38-25(17-42-16-19-8-6-5-7-9-19)37-39(29(38)40)21-12-20-10-11-35-28(44-23-14-26(41-3)36-15-22(23)31)27(20)24(13-21)43-18(2)30(32,33)34/h5-15,18H,4,16-17H2,1-3H3/t18-/m0/s1. The van der Waals surface area contributed by atoms with Gasteiger partial charge < -0.3 is 18.9 Å². The van der Waals surface area contributed by atoms with Crippen LogP contribution in [0.3, 0.4) is 0 Å². The summed E-state index contributed by atoms with van der Waals surface area (Å²) in [4.78, 5) is 21.6. The minimum absolute atomic E-state index is 0.0328. The lowest BCUT2D eigenvalue weighted by Gasteiger charge is -2.20. The molecule has 0 aliphatic heterocycles. The second-order valence-corrected chi connectivity index (χ2v) is 9.96. The summed E-state index contributed by atoms with van der Waals surface area (Å²) in [6.07, 6.45) is -4.18. The van der Waals surface area contributed by atoms with Crippen LogP contribution in [-0.2, 0) is 24.5 Å². The number of fused-ring (bicyclic) bond motifs is 1. The number of aromatic nitrogens is 5. The molecule has 5 rings (SSSR count). The van der Waals surface area contributed by atoms with Gasteiger partial charge in [-0.1, -0.05) is 41.9 Å². The number of pyridine rings is 2. The van der Waals surface area contributed by atoms with E-state index in [1.165, 1.54) is 36.2 Å². The van der Waals surface area contributed by atoms with Crippen molar-refractivity contribution in [2.24, 2.45) is 0 Å². The number of methoxy groups -OCH3 is 1. The highest BCUT2D eigenvalue weighted by Gasteiger charge is 2.38. The second kappa shape index (κ2) is 12.9. The number of halogens is 4. The molecule has 0 saturated heterocycles. The Morgan fingerprint density at radius 3 is 2.50 bits per heavy atom. The second-order valence-electron chi connectivity index (χ2n) is 9.55. The van der Waals surface area contributed by atoms with Crippen LogP contribution in [0.5, 0.6) is 23.3 Å². The zero-order valence-corrected chi connectivity index (χ0v) is 24.6. The fourth-order valence-electron chi connectivity index (χ4n) is 4.34. The molecule has 44 heavy (non-hydrogen) atoms. The highest BCUT2D eigenvalue weighted by atomic mass is 35.5. The fourth-order valence-corrected chi connectivity index (χ4v) is 4.48. The van der Waals surface area contributed by atoms with E-state index in [1.54, 1.807) is 19.1 Å². The summed E-state index contributed by atoms with van der Waals surface area (Å²) in [5.41, 5.74) is 0.621. The Bertz CT molecular complexity index is 1830. The molecular formula is C30H27ClF3N5O5. The maximum Gasteiger partial charge on any atom is 0.425 e. The molecule has 0 unspecified atom stereocenters. The van der Waals surface area contributed by atoms with E-state index in [9.17, 15) is 18.0 Å². The van der Waals surface area contributed by atoms with Crippen LogP contribution in [0.2, 0.25) is 5.02 Å². The first-order valence-electron chi connectivity index (χ1n) is 13.4. The molecule has 0 radical (unpaired) electrons. The lowest BCUT2D eigenvalue weighted by atomic mass is 10.1. The smallest absolute Gasteiger partial charge is 0.425 e. The zero-order valence-electron chi connectivity index (χ0n) is 23.8. The molecule has 0 N–H and O–H groups in total. The number of rotatable bonds is 11. The van der Waals surface area contributed by atoms with Crippen molar-refractivity contribution in [2.45, 2.75) is 45.9 Å². The van der Waals surface area contributed by atoms with Crippen LogP contribution in [0.4, 0.5) is 13.2 Å². The topological polar surface area (TPSA) is 103 Å². The summed E-state index contributed by atoms with van der Waals surface area (Å²) in [5, 5.41) is 5.06. The van der Waals surface area contributed by atoms with E-state index < -0.39 is 18.0 Å². The average molecular weight is 630 g/mol. The highest BCUT2D eigenvalue weighted by Crippen LogP contribution is 2.40. The third kappa shape index (κ3) is 6.63.